The highest BCUT2D eigenvalue weighted by atomic mass is 35.5. The van der Waals surface area contributed by atoms with Gasteiger partial charge in [0.1, 0.15) is 0 Å². The number of amides is 1. The van der Waals surface area contributed by atoms with Crippen LogP contribution in [0.3, 0.4) is 0 Å². The van der Waals surface area contributed by atoms with Gasteiger partial charge in [-0.15, -0.1) is 0 Å². The van der Waals surface area contributed by atoms with E-state index in [-0.39, 0.29) is 5.91 Å². The first-order chi connectivity index (χ1) is 9.52. The standard InChI is InChI=1S/C16H13ClN2O/c1-11-9-13(5-8-15(11)17)16(20)19(2)14-6-3-12(10-18)4-7-14/h3-9H,1-2H3. The van der Waals surface area contributed by atoms with Gasteiger partial charge in [0.25, 0.3) is 5.91 Å². The zero-order valence-corrected chi connectivity index (χ0v) is 12.0. The highest BCUT2D eigenvalue weighted by Gasteiger charge is 2.14. The average Bonchev–Trinajstić information content (AvgIpc) is 2.48. The van der Waals surface area contributed by atoms with Crippen LogP contribution in [0.15, 0.2) is 42.5 Å². The lowest BCUT2D eigenvalue weighted by atomic mass is 10.1. The number of anilines is 1. The van der Waals surface area contributed by atoms with E-state index in [0.29, 0.717) is 16.1 Å². The molecule has 0 radical (unpaired) electrons. The van der Waals surface area contributed by atoms with Crippen molar-refractivity contribution >= 4 is 23.2 Å². The van der Waals surface area contributed by atoms with Crippen molar-refractivity contribution in [3.63, 3.8) is 0 Å². The van der Waals surface area contributed by atoms with Crippen LogP contribution in [0.2, 0.25) is 5.02 Å². The first-order valence-electron chi connectivity index (χ1n) is 6.07. The van der Waals surface area contributed by atoms with Crippen molar-refractivity contribution in [3.8, 4) is 6.07 Å². The molecule has 100 valence electrons. The van der Waals surface area contributed by atoms with E-state index in [4.69, 9.17) is 16.9 Å². The molecule has 4 heteroatoms. The number of rotatable bonds is 2. The van der Waals surface area contributed by atoms with Crippen molar-refractivity contribution < 1.29 is 4.79 Å². The Bertz CT molecular complexity index is 687. The van der Waals surface area contributed by atoms with Gasteiger partial charge in [0, 0.05) is 23.3 Å². The minimum absolute atomic E-state index is 0.116. The van der Waals surface area contributed by atoms with Crippen LogP contribution < -0.4 is 4.90 Å². The van der Waals surface area contributed by atoms with Crippen molar-refractivity contribution in [2.24, 2.45) is 0 Å². The molecule has 0 N–H and O–H groups in total. The van der Waals surface area contributed by atoms with Gasteiger partial charge in [0.2, 0.25) is 0 Å². The fourth-order valence-corrected chi connectivity index (χ4v) is 1.97. The molecule has 0 unspecified atom stereocenters. The molecule has 1 amide bonds. The SMILES string of the molecule is Cc1cc(C(=O)N(C)c2ccc(C#N)cc2)ccc1Cl. The van der Waals surface area contributed by atoms with Gasteiger partial charge >= 0.3 is 0 Å². The van der Waals surface area contributed by atoms with E-state index in [1.54, 1.807) is 54.4 Å². The Kier molecular flexibility index (Phi) is 4.07. The minimum atomic E-state index is -0.116. The molecule has 0 aromatic heterocycles. The van der Waals surface area contributed by atoms with Gasteiger partial charge in [-0.1, -0.05) is 11.6 Å². The first kappa shape index (κ1) is 14.1. The van der Waals surface area contributed by atoms with Crippen LogP contribution in [0.4, 0.5) is 5.69 Å². The number of hydrogen-bond acceptors (Lipinski definition) is 2. The van der Waals surface area contributed by atoms with E-state index in [9.17, 15) is 4.79 Å². The van der Waals surface area contributed by atoms with E-state index in [0.717, 1.165) is 11.3 Å². The summed E-state index contributed by atoms with van der Waals surface area (Å²) in [7, 11) is 1.70. The maximum absolute atomic E-state index is 12.4. The number of nitriles is 1. The molecular weight excluding hydrogens is 272 g/mol. The average molecular weight is 285 g/mol. The van der Waals surface area contributed by atoms with Crippen LogP contribution in [0.1, 0.15) is 21.5 Å². The van der Waals surface area contributed by atoms with Gasteiger partial charge in [-0.2, -0.15) is 5.26 Å². The molecule has 0 saturated carbocycles. The van der Waals surface area contributed by atoms with Crippen LogP contribution >= 0.6 is 11.6 Å². The summed E-state index contributed by atoms with van der Waals surface area (Å²) < 4.78 is 0. The molecule has 0 bridgehead atoms. The Morgan fingerprint density at radius 2 is 1.85 bits per heavy atom. The van der Waals surface area contributed by atoms with Crippen molar-refractivity contribution in [2.75, 3.05) is 11.9 Å². The Hall–Kier alpha value is -2.31. The first-order valence-corrected chi connectivity index (χ1v) is 6.45. The molecule has 0 heterocycles. The maximum Gasteiger partial charge on any atom is 0.258 e. The lowest BCUT2D eigenvalue weighted by Gasteiger charge is -2.17. The highest BCUT2D eigenvalue weighted by molar-refractivity contribution is 6.31. The summed E-state index contributed by atoms with van der Waals surface area (Å²) in [6.07, 6.45) is 0. The lowest BCUT2D eigenvalue weighted by molar-refractivity contribution is 0.0993. The van der Waals surface area contributed by atoms with Crippen molar-refractivity contribution in [2.45, 2.75) is 6.92 Å². The second-order valence-electron chi connectivity index (χ2n) is 4.49. The minimum Gasteiger partial charge on any atom is -0.311 e. The summed E-state index contributed by atoms with van der Waals surface area (Å²) in [5.74, 6) is -0.116. The molecule has 2 rings (SSSR count). The predicted octanol–water partition coefficient (Wildman–Crippen LogP) is 3.80. The fraction of sp³-hybridized carbons (Fsp3) is 0.125. The summed E-state index contributed by atoms with van der Waals surface area (Å²) in [5.41, 5.74) is 2.75. The predicted molar refractivity (Wildman–Crippen MR) is 80.1 cm³/mol. The van der Waals surface area contributed by atoms with Gasteiger partial charge in [0.05, 0.1) is 11.6 Å². The monoisotopic (exact) mass is 284 g/mol. The molecule has 0 spiro atoms. The van der Waals surface area contributed by atoms with Crippen molar-refractivity contribution in [1.29, 1.82) is 5.26 Å². The zero-order chi connectivity index (χ0) is 14.7. The molecule has 0 fully saturated rings. The number of carbonyl (C=O) groups excluding carboxylic acids is 1. The van der Waals surface area contributed by atoms with Gasteiger partial charge < -0.3 is 4.90 Å². The summed E-state index contributed by atoms with van der Waals surface area (Å²) in [5, 5.41) is 9.41. The van der Waals surface area contributed by atoms with Gasteiger partial charge in [-0.05, 0) is 55.0 Å². The largest absolute Gasteiger partial charge is 0.311 e. The Labute approximate surface area is 123 Å². The molecule has 0 aliphatic heterocycles. The third-order valence-corrected chi connectivity index (χ3v) is 3.52. The molecule has 0 aliphatic carbocycles. The number of carbonyl (C=O) groups is 1. The van der Waals surface area contributed by atoms with Gasteiger partial charge in [0.15, 0.2) is 0 Å². The highest BCUT2D eigenvalue weighted by Crippen LogP contribution is 2.20. The number of nitrogens with zero attached hydrogens (tertiary/aromatic N) is 2. The fourth-order valence-electron chi connectivity index (χ4n) is 1.85. The van der Waals surface area contributed by atoms with E-state index < -0.39 is 0 Å². The maximum atomic E-state index is 12.4. The number of halogens is 1. The molecule has 0 aliphatic rings. The number of aryl methyl sites for hydroxylation is 1. The third-order valence-electron chi connectivity index (χ3n) is 3.09. The molecule has 2 aromatic carbocycles. The summed E-state index contributed by atoms with van der Waals surface area (Å²) in [6, 6.07) is 14.1. The van der Waals surface area contributed by atoms with Gasteiger partial charge in [-0.3, -0.25) is 4.79 Å². The molecule has 20 heavy (non-hydrogen) atoms. The van der Waals surface area contributed by atoms with Crippen LogP contribution in [-0.4, -0.2) is 13.0 Å². The molecule has 0 atom stereocenters. The second-order valence-corrected chi connectivity index (χ2v) is 4.89. The summed E-state index contributed by atoms with van der Waals surface area (Å²) in [6.45, 7) is 1.86. The Morgan fingerprint density at radius 1 is 1.20 bits per heavy atom. The normalized spacial score (nSPS) is 9.90. The van der Waals surface area contributed by atoms with E-state index >= 15 is 0 Å². The van der Waals surface area contributed by atoms with E-state index in [1.165, 1.54) is 0 Å². The topological polar surface area (TPSA) is 44.1 Å². The second kappa shape index (κ2) is 5.77. The summed E-state index contributed by atoms with van der Waals surface area (Å²) >= 11 is 5.96. The number of benzene rings is 2. The van der Waals surface area contributed by atoms with Crippen LogP contribution in [0.5, 0.6) is 0 Å². The van der Waals surface area contributed by atoms with E-state index in [2.05, 4.69) is 0 Å². The van der Waals surface area contributed by atoms with Crippen molar-refractivity contribution in [3.05, 3.63) is 64.2 Å². The molecule has 0 saturated heterocycles. The lowest BCUT2D eigenvalue weighted by Crippen LogP contribution is -2.26. The van der Waals surface area contributed by atoms with E-state index in [1.807, 2.05) is 13.0 Å². The van der Waals surface area contributed by atoms with Crippen LogP contribution in [0, 0.1) is 18.3 Å². The Morgan fingerprint density at radius 3 is 2.40 bits per heavy atom. The molecule has 3 nitrogen and oxygen atoms in total. The molecule has 2 aromatic rings. The van der Waals surface area contributed by atoms with Crippen LogP contribution in [-0.2, 0) is 0 Å². The quantitative estimate of drug-likeness (QED) is 0.842. The summed E-state index contributed by atoms with van der Waals surface area (Å²) in [4.78, 5) is 13.9. The van der Waals surface area contributed by atoms with Crippen molar-refractivity contribution in [1.82, 2.24) is 0 Å². The Balaban J connectivity index is 2.27. The smallest absolute Gasteiger partial charge is 0.258 e. The third kappa shape index (κ3) is 2.81. The number of hydrogen-bond donors (Lipinski definition) is 0. The molecular formula is C16H13ClN2O. The van der Waals surface area contributed by atoms with Gasteiger partial charge in [-0.25, -0.2) is 0 Å². The zero-order valence-electron chi connectivity index (χ0n) is 11.2. The van der Waals surface area contributed by atoms with Crippen LogP contribution in [0.25, 0.3) is 0 Å².